The van der Waals surface area contributed by atoms with Gasteiger partial charge < -0.3 is 4.90 Å². The van der Waals surface area contributed by atoms with Crippen LogP contribution in [0.25, 0.3) is 10.9 Å². The first-order chi connectivity index (χ1) is 17.4. The van der Waals surface area contributed by atoms with Crippen molar-refractivity contribution < 1.29 is 13.2 Å². The summed E-state index contributed by atoms with van der Waals surface area (Å²) in [5, 5.41) is 0.705. The van der Waals surface area contributed by atoms with E-state index in [-0.39, 0.29) is 16.5 Å². The largest absolute Gasteiger partial charge is 0.336 e. The Morgan fingerprint density at radius 1 is 0.861 bits per heavy atom. The Morgan fingerprint density at radius 2 is 1.56 bits per heavy atom. The maximum atomic E-state index is 13.3. The molecule has 1 aromatic heterocycles. The number of benzene rings is 3. The second kappa shape index (κ2) is 10.1. The highest BCUT2D eigenvalue weighted by molar-refractivity contribution is 7.93. The van der Waals surface area contributed by atoms with E-state index in [2.05, 4.69) is 22.0 Å². The van der Waals surface area contributed by atoms with Gasteiger partial charge in [-0.05, 0) is 42.0 Å². The highest BCUT2D eigenvalue weighted by atomic mass is 32.2. The summed E-state index contributed by atoms with van der Waals surface area (Å²) in [5.41, 5.74) is 2.36. The van der Waals surface area contributed by atoms with Crippen molar-refractivity contribution in [2.45, 2.75) is 11.4 Å². The Morgan fingerprint density at radius 3 is 2.28 bits per heavy atom. The molecule has 1 saturated heterocycles. The number of hydrogen-bond donors (Lipinski definition) is 1. The lowest BCUT2D eigenvalue weighted by atomic mass is 10.1. The summed E-state index contributed by atoms with van der Waals surface area (Å²) in [7, 11) is -4.06. The van der Waals surface area contributed by atoms with Crippen LogP contribution in [0.3, 0.4) is 0 Å². The molecule has 1 aliphatic heterocycles. The number of nitrogens with zero attached hydrogens (tertiary/aromatic N) is 4. The van der Waals surface area contributed by atoms with Crippen molar-refractivity contribution in [3.8, 4) is 0 Å². The van der Waals surface area contributed by atoms with Gasteiger partial charge in [0.1, 0.15) is 4.90 Å². The molecule has 8 nitrogen and oxygen atoms in total. The van der Waals surface area contributed by atoms with Crippen LogP contribution < -0.4 is 10.3 Å². The van der Waals surface area contributed by atoms with E-state index in [1.54, 1.807) is 54.7 Å². The minimum atomic E-state index is -4.06. The molecule has 3 aromatic carbocycles. The van der Waals surface area contributed by atoms with Gasteiger partial charge in [0.25, 0.3) is 15.9 Å². The van der Waals surface area contributed by atoms with Crippen LogP contribution in [0.1, 0.15) is 15.9 Å². The number of aromatic nitrogens is 1. The van der Waals surface area contributed by atoms with E-state index in [0.29, 0.717) is 29.6 Å². The van der Waals surface area contributed by atoms with Gasteiger partial charge in [-0.2, -0.15) is 8.42 Å². The molecule has 1 fully saturated rings. The number of piperazine rings is 1. The summed E-state index contributed by atoms with van der Waals surface area (Å²) in [6.45, 7) is 3.74. The molecule has 4 aromatic rings. The van der Waals surface area contributed by atoms with Crippen molar-refractivity contribution in [3.05, 3.63) is 102 Å². The third kappa shape index (κ3) is 4.81. The van der Waals surface area contributed by atoms with Crippen molar-refractivity contribution in [2.24, 2.45) is 5.84 Å². The first-order valence-electron chi connectivity index (χ1n) is 11.7. The first kappa shape index (κ1) is 23.9. The minimum Gasteiger partial charge on any atom is -0.336 e. The molecule has 0 saturated carbocycles. The number of anilines is 1. The third-order valence-electron chi connectivity index (χ3n) is 6.41. The van der Waals surface area contributed by atoms with E-state index in [1.807, 2.05) is 23.1 Å². The average molecular weight is 502 g/mol. The number of para-hydroxylation sites is 1. The fraction of sp³-hybridized carbons (Fsp3) is 0.185. The number of pyridine rings is 1. The topological polar surface area (TPSA) is 99.8 Å². The number of sulfonamides is 1. The molecule has 36 heavy (non-hydrogen) atoms. The van der Waals surface area contributed by atoms with Crippen molar-refractivity contribution in [2.75, 3.05) is 30.6 Å². The normalized spacial score (nSPS) is 14.6. The standard InChI is InChI=1S/C27H27N5O3S/c28-32(36(34,35)25-10-4-8-22-9-5-15-29-26(22)25)24-13-11-23(12-14-24)27(33)31-18-16-30(17-19-31)20-21-6-2-1-3-7-21/h1-15H,16-20,28H2. The summed E-state index contributed by atoms with van der Waals surface area (Å²) in [5.74, 6) is 5.98. The smallest absolute Gasteiger partial charge is 0.279 e. The highest BCUT2D eigenvalue weighted by Gasteiger charge is 2.26. The monoisotopic (exact) mass is 501 g/mol. The molecule has 0 aliphatic carbocycles. The maximum absolute atomic E-state index is 13.3. The predicted molar refractivity (Wildman–Crippen MR) is 140 cm³/mol. The van der Waals surface area contributed by atoms with E-state index in [9.17, 15) is 13.2 Å². The van der Waals surface area contributed by atoms with Gasteiger partial charge in [0.05, 0.1) is 11.2 Å². The Labute approximate surface area is 210 Å². The van der Waals surface area contributed by atoms with Crippen LogP contribution >= 0.6 is 0 Å². The van der Waals surface area contributed by atoms with Gasteiger partial charge in [-0.1, -0.05) is 48.5 Å². The number of hydrazine groups is 1. The zero-order chi connectivity index (χ0) is 25.1. The van der Waals surface area contributed by atoms with E-state index in [4.69, 9.17) is 5.84 Å². The molecule has 0 unspecified atom stereocenters. The van der Waals surface area contributed by atoms with Gasteiger partial charge in [0.15, 0.2) is 0 Å². The molecule has 0 spiro atoms. The Hall–Kier alpha value is -3.79. The summed E-state index contributed by atoms with van der Waals surface area (Å²) in [4.78, 5) is 21.5. The number of carbonyl (C=O) groups excluding carboxylic acids is 1. The van der Waals surface area contributed by atoms with Crippen molar-refractivity contribution >= 4 is 32.5 Å². The van der Waals surface area contributed by atoms with Crippen LogP contribution in [0.4, 0.5) is 5.69 Å². The molecule has 0 atom stereocenters. The zero-order valence-electron chi connectivity index (χ0n) is 19.7. The van der Waals surface area contributed by atoms with Crippen molar-refractivity contribution in [1.29, 1.82) is 0 Å². The Bertz CT molecular complexity index is 1460. The van der Waals surface area contributed by atoms with Crippen LogP contribution in [-0.4, -0.2) is 55.3 Å². The summed E-state index contributed by atoms with van der Waals surface area (Å²) < 4.78 is 27.2. The molecule has 5 rings (SSSR count). The average Bonchev–Trinajstić information content (AvgIpc) is 2.93. The molecular formula is C27H27N5O3S. The fourth-order valence-electron chi connectivity index (χ4n) is 4.41. The lowest BCUT2D eigenvalue weighted by Gasteiger charge is -2.34. The van der Waals surface area contributed by atoms with E-state index >= 15 is 0 Å². The molecule has 184 valence electrons. The molecule has 2 N–H and O–H groups in total. The van der Waals surface area contributed by atoms with Gasteiger partial charge in [-0.15, -0.1) is 0 Å². The van der Waals surface area contributed by atoms with Crippen LogP contribution in [0, 0.1) is 0 Å². The Kier molecular flexibility index (Phi) is 6.69. The molecule has 0 radical (unpaired) electrons. The number of carbonyl (C=O) groups is 1. The molecule has 1 amide bonds. The first-order valence-corrected chi connectivity index (χ1v) is 13.2. The lowest BCUT2D eigenvalue weighted by molar-refractivity contribution is 0.0628. The van der Waals surface area contributed by atoms with E-state index in [0.717, 1.165) is 24.0 Å². The van der Waals surface area contributed by atoms with Gasteiger partial charge >= 0.3 is 0 Å². The van der Waals surface area contributed by atoms with Crippen molar-refractivity contribution in [1.82, 2.24) is 14.8 Å². The van der Waals surface area contributed by atoms with Crippen LogP contribution in [0.5, 0.6) is 0 Å². The molecule has 2 heterocycles. The molecule has 0 bridgehead atoms. The lowest BCUT2D eigenvalue weighted by Crippen LogP contribution is -2.48. The molecule has 9 heteroatoms. The second-order valence-corrected chi connectivity index (χ2v) is 10.5. The number of nitrogens with two attached hydrogens (primary N) is 1. The molecular weight excluding hydrogens is 474 g/mol. The highest BCUT2D eigenvalue weighted by Crippen LogP contribution is 2.26. The van der Waals surface area contributed by atoms with Crippen molar-refractivity contribution in [3.63, 3.8) is 0 Å². The van der Waals surface area contributed by atoms with E-state index < -0.39 is 10.0 Å². The van der Waals surface area contributed by atoms with Crippen LogP contribution in [-0.2, 0) is 16.6 Å². The molecule has 1 aliphatic rings. The third-order valence-corrected chi connectivity index (χ3v) is 8.02. The quantitative estimate of drug-likeness (QED) is 0.322. The number of fused-ring (bicyclic) bond motifs is 1. The SMILES string of the molecule is NN(c1ccc(C(=O)N2CCN(Cc3ccccc3)CC2)cc1)S(=O)(=O)c1cccc2cccnc12. The van der Waals surface area contributed by atoms with Gasteiger partial charge in [0, 0.05) is 49.9 Å². The summed E-state index contributed by atoms with van der Waals surface area (Å²) >= 11 is 0. The number of hydrogen-bond acceptors (Lipinski definition) is 6. The predicted octanol–water partition coefficient (Wildman–Crippen LogP) is 3.26. The van der Waals surface area contributed by atoms with Gasteiger partial charge in [0.2, 0.25) is 0 Å². The number of rotatable bonds is 6. The number of amides is 1. The zero-order valence-corrected chi connectivity index (χ0v) is 20.5. The second-order valence-electron chi connectivity index (χ2n) is 8.73. The van der Waals surface area contributed by atoms with Gasteiger partial charge in [-0.25, -0.2) is 10.3 Å². The minimum absolute atomic E-state index is 0.0247. The summed E-state index contributed by atoms with van der Waals surface area (Å²) in [6, 6.07) is 25.1. The van der Waals surface area contributed by atoms with E-state index in [1.165, 1.54) is 11.6 Å². The Balaban J connectivity index is 1.26. The summed E-state index contributed by atoms with van der Waals surface area (Å²) in [6.07, 6.45) is 1.55. The fourth-order valence-corrected chi connectivity index (χ4v) is 5.69. The van der Waals surface area contributed by atoms with Crippen LogP contribution in [0.15, 0.2) is 96.0 Å². The van der Waals surface area contributed by atoms with Gasteiger partial charge in [-0.3, -0.25) is 14.7 Å². The van der Waals surface area contributed by atoms with Crippen LogP contribution in [0.2, 0.25) is 0 Å². The maximum Gasteiger partial charge on any atom is 0.279 e.